The van der Waals surface area contributed by atoms with E-state index < -0.39 is 5.60 Å². The molecule has 29 heavy (non-hydrogen) atoms. The van der Waals surface area contributed by atoms with Crippen LogP contribution < -0.4 is 4.74 Å². The average Bonchev–Trinajstić information content (AvgIpc) is 3.08. The third-order valence-electron chi connectivity index (χ3n) is 8.63. The predicted molar refractivity (Wildman–Crippen MR) is 117 cm³/mol. The van der Waals surface area contributed by atoms with Gasteiger partial charge in [-0.1, -0.05) is 37.3 Å². The summed E-state index contributed by atoms with van der Waals surface area (Å²) in [6.45, 7) is 2.45. The van der Waals surface area contributed by atoms with Crippen molar-refractivity contribution in [2.24, 2.45) is 17.3 Å². The molecule has 0 aromatic heterocycles. The first-order chi connectivity index (χ1) is 14.0. The maximum atomic E-state index is 10.8. The van der Waals surface area contributed by atoms with Gasteiger partial charge in [-0.15, -0.1) is 0 Å². The number of fused-ring (bicyclic) bond motifs is 5. The van der Waals surface area contributed by atoms with Gasteiger partial charge in [0.25, 0.3) is 0 Å². The fraction of sp³-hybridized carbons (Fsp3) is 0.630. The minimum absolute atomic E-state index is 0.198. The van der Waals surface area contributed by atoms with E-state index in [0.29, 0.717) is 11.8 Å². The summed E-state index contributed by atoms with van der Waals surface area (Å²) in [5.74, 6) is 9.95. The highest BCUT2D eigenvalue weighted by molar-refractivity contribution is 5.45. The van der Waals surface area contributed by atoms with Gasteiger partial charge in [-0.05, 0) is 98.8 Å². The summed E-state index contributed by atoms with van der Waals surface area (Å²) >= 11 is 0. The largest absolute Gasteiger partial charge is 0.497 e. The highest BCUT2D eigenvalue weighted by atomic mass is 16.5. The van der Waals surface area contributed by atoms with Crippen LogP contribution in [-0.2, 0) is 6.42 Å². The lowest BCUT2D eigenvalue weighted by Gasteiger charge is -2.49. The molecule has 4 aliphatic rings. The van der Waals surface area contributed by atoms with Gasteiger partial charge in [0.2, 0.25) is 0 Å². The maximum Gasteiger partial charge on any atom is 0.125 e. The Kier molecular flexibility index (Phi) is 4.78. The lowest BCUT2D eigenvalue weighted by molar-refractivity contribution is 0.0606. The minimum Gasteiger partial charge on any atom is -0.497 e. The molecule has 0 aliphatic heterocycles. The lowest BCUT2D eigenvalue weighted by atomic mass is 9.54. The second-order valence-corrected chi connectivity index (χ2v) is 10.1. The van der Waals surface area contributed by atoms with Crippen molar-refractivity contribution in [2.75, 3.05) is 7.11 Å². The number of hydrogen-bond acceptors (Lipinski definition) is 2. The Morgan fingerprint density at radius 3 is 2.72 bits per heavy atom. The van der Waals surface area contributed by atoms with E-state index in [1.807, 2.05) is 0 Å². The predicted octanol–water partition coefficient (Wildman–Crippen LogP) is 5.79. The number of rotatable bonds is 1. The van der Waals surface area contributed by atoms with Crippen LogP contribution in [0.5, 0.6) is 5.75 Å². The van der Waals surface area contributed by atoms with Crippen LogP contribution in [0.2, 0.25) is 0 Å². The number of benzene rings is 1. The van der Waals surface area contributed by atoms with Crippen molar-refractivity contribution in [2.45, 2.75) is 82.7 Å². The van der Waals surface area contributed by atoms with Crippen molar-refractivity contribution < 1.29 is 9.84 Å². The molecular weight excluding hydrogens is 356 g/mol. The molecular formula is C27H34O2. The Balaban J connectivity index is 1.38. The highest BCUT2D eigenvalue weighted by Gasteiger charge is 2.51. The molecule has 1 N–H and O–H groups in total. The minimum atomic E-state index is -0.742. The Labute approximate surface area is 175 Å². The van der Waals surface area contributed by atoms with E-state index in [4.69, 9.17) is 4.74 Å². The molecule has 0 radical (unpaired) electrons. The average molecular weight is 391 g/mol. The Morgan fingerprint density at radius 1 is 1.10 bits per heavy atom. The van der Waals surface area contributed by atoms with Crippen molar-refractivity contribution in [1.82, 2.24) is 0 Å². The number of aryl methyl sites for hydroxylation is 1. The van der Waals surface area contributed by atoms with Crippen molar-refractivity contribution in [3.8, 4) is 17.6 Å². The molecule has 4 atom stereocenters. The van der Waals surface area contributed by atoms with E-state index in [1.54, 1.807) is 12.7 Å². The number of ether oxygens (including phenoxy) is 1. The summed E-state index contributed by atoms with van der Waals surface area (Å²) in [4.78, 5) is 0. The van der Waals surface area contributed by atoms with E-state index in [0.717, 1.165) is 43.8 Å². The van der Waals surface area contributed by atoms with Gasteiger partial charge in [-0.25, -0.2) is 0 Å². The number of aliphatic hydroxyl groups is 1. The molecule has 0 saturated heterocycles. The molecule has 2 heteroatoms. The summed E-state index contributed by atoms with van der Waals surface area (Å²) in [5, 5.41) is 10.8. The first kappa shape index (κ1) is 19.3. The van der Waals surface area contributed by atoms with Gasteiger partial charge in [0.1, 0.15) is 11.4 Å². The highest BCUT2D eigenvalue weighted by Crippen LogP contribution is 2.61. The van der Waals surface area contributed by atoms with Gasteiger partial charge in [-0.2, -0.15) is 0 Å². The summed E-state index contributed by atoms with van der Waals surface area (Å²) in [7, 11) is 1.76. The molecule has 2 fully saturated rings. The van der Waals surface area contributed by atoms with Gasteiger partial charge < -0.3 is 9.84 Å². The van der Waals surface area contributed by atoms with Crippen LogP contribution in [0.3, 0.4) is 0 Å². The summed E-state index contributed by atoms with van der Waals surface area (Å²) in [6.07, 6.45) is 13.6. The molecule has 0 unspecified atom stereocenters. The molecule has 1 aromatic carbocycles. The topological polar surface area (TPSA) is 29.5 Å². The van der Waals surface area contributed by atoms with E-state index in [9.17, 15) is 5.11 Å². The molecule has 2 saturated carbocycles. The first-order valence-corrected chi connectivity index (χ1v) is 11.7. The molecule has 0 spiro atoms. The van der Waals surface area contributed by atoms with Crippen LogP contribution >= 0.6 is 0 Å². The smallest absolute Gasteiger partial charge is 0.125 e. The van der Waals surface area contributed by atoms with Crippen molar-refractivity contribution in [3.05, 3.63) is 41.0 Å². The van der Waals surface area contributed by atoms with Crippen LogP contribution in [0.15, 0.2) is 29.8 Å². The number of methoxy groups -OCH3 is 1. The third kappa shape index (κ3) is 3.23. The van der Waals surface area contributed by atoms with Crippen molar-refractivity contribution in [3.63, 3.8) is 0 Å². The zero-order valence-corrected chi connectivity index (χ0v) is 18.0. The third-order valence-corrected chi connectivity index (χ3v) is 8.63. The van der Waals surface area contributed by atoms with Gasteiger partial charge in [0.05, 0.1) is 7.11 Å². The summed E-state index contributed by atoms with van der Waals surface area (Å²) in [5.41, 5.74) is 3.84. The van der Waals surface area contributed by atoms with E-state index in [-0.39, 0.29) is 5.41 Å². The quantitative estimate of drug-likeness (QED) is 0.615. The zero-order chi connectivity index (χ0) is 20.1. The van der Waals surface area contributed by atoms with Crippen LogP contribution in [-0.4, -0.2) is 17.8 Å². The van der Waals surface area contributed by atoms with Gasteiger partial charge in [0.15, 0.2) is 0 Å². The van der Waals surface area contributed by atoms with E-state index in [1.165, 1.54) is 43.2 Å². The maximum absolute atomic E-state index is 10.8. The monoisotopic (exact) mass is 390 g/mol. The molecule has 0 bridgehead atoms. The fourth-order valence-corrected chi connectivity index (χ4v) is 6.89. The van der Waals surface area contributed by atoms with Gasteiger partial charge >= 0.3 is 0 Å². The van der Waals surface area contributed by atoms with E-state index in [2.05, 4.69) is 43.0 Å². The summed E-state index contributed by atoms with van der Waals surface area (Å²) in [6, 6.07) is 6.73. The molecule has 5 rings (SSSR count). The van der Waals surface area contributed by atoms with Crippen LogP contribution in [0.1, 0.15) is 81.8 Å². The summed E-state index contributed by atoms with van der Waals surface area (Å²) < 4.78 is 5.46. The Morgan fingerprint density at radius 2 is 1.93 bits per heavy atom. The second kappa shape index (κ2) is 7.21. The molecule has 2 nitrogen and oxygen atoms in total. The SMILES string of the molecule is COc1ccc2c(c1)CC[C@@H]1[C@@H]2CC[C@]2(C)C(C#CC3(O)CCCCC3)=CC[C@@H]12. The van der Waals surface area contributed by atoms with Gasteiger partial charge in [0, 0.05) is 11.0 Å². The molecule has 0 heterocycles. The van der Waals surface area contributed by atoms with Crippen molar-refractivity contribution >= 4 is 0 Å². The molecule has 4 aliphatic carbocycles. The fourth-order valence-electron chi connectivity index (χ4n) is 6.89. The lowest BCUT2D eigenvalue weighted by Crippen LogP contribution is -2.41. The van der Waals surface area contributed by atoms with Crippen LogP contribution in [0, 0.1) is 29.1 Å². The first-order valence-electron chi connectivity index (χ1n) is 11.7. The van der Waals surface area contributed by atoms with Crippen LogP contribution in [0.4, 0.5) is 0 Å². The molecule has 154 valence electrons. The molecule has 0 amide bonds. The standard InChI is InChI=1S/C27H34O2/c1-26-16-13-23-22-10-8-21(29-2)18-19(22)6-9-24(23)25(26)11-7-20(26)12-17-27(28)14-4-3-5-15-27/h7-8,10,18,23-25,28H,3-6,9,11,13-16H2,1-2H3/t23-,24-,25+,26-/m1/s1. The number of hydrogen-bond donors (Lipinski definition) is 1. The number of allylic oxidation sites excluding steroid dienone is 2. The second-order valence-electron chi connectivity index (χ2n) is 10.1. The Hall–Kier alpha value is -1.72. The molecule has 1 aromatic rings. The zero-order valence-electron chi connectivity index (χ0n) is 18.0. The van der Waals surface area contributed by atoms with E-state index >= 15 is 0 Å². The van der Waals surface area contributed by atoms with Crippen molar-refractivity contribution in [1.29, 1.82) is 0 Å². The van der Waals surface area contributed by atoms with Crippen LogP contribution in [0.25, 0.3) is 0 Å². The van der Waals surface area contributed by atoms with Gasteiger partial charge in [-0.3, -0.25) is 0 Å². The normalized spacial score (nSPS) is 34.7. The Bertz CT molecular complexity index is 880.